The fourth-order valence-corrected chi connectivity index (χ4v) is 1.82. The molecule has 0 saturated heterocycles. The van der Waals surface area contributed by atoms with Crippen LogP contribution in [0.5, 0.6) is 0 Å². The monoisotopic (exact) mass is 220 g/mol. The Morgan fingerprint density at radius 2 is 1.00 bits per heavy atom. The number of benzene rings is 1. The van der Waals surface area contributed by atoms with Gasteiger partial charge in [-0.05, 0) is 62.7 Å². The summed E-state index contributed by atoms with van der Waals surface area (Å²) >= 11 is 0. The number of rotatable bonds is 8. The summed E-state index contributed by atoms with van der Waals surface area (Å²) in [4.78, 5) is 0. The topological polar surface area (TPSA) is 52.0 Å². The largest absolute Gasteiger partial charge is 0.330 e. The Morgan fingerprint density at radius 1 is 0.625 bits per heavy atom. The van der Waals surface area contributed by atoms with Gasteiger partial charge in [-0.2, -0.15) is 0 Å². The third-order valence-corrected chi connectivity index (χ3v) is 2.86. The van der Waals surface area contributed by atoms with Crippen LogP contribution in [0.25, 0.3) is 0 Å². The Bertz CT molecular complexity index is 238. The van der Waals surface area contributed by atoms with Crippen molar-refractivity contribution in [3.63, 3.8) is 0 Å². The van der Waals surface area contributed by atoms with Crippen molar-refractivity contribution < 1.29 is 0 Å². The van der Waals surface area contributed by atoms with Gasteiger partial charge in [-0.3, -0.25) is 0 Å². The van der Waals surface area contributed by atoms with Crippen molar-refractivity contribution in [2.75, 3.05) is 13.1 Å². The second-order valence-corrected chi connectivity index (χ2v) is 4.31. The first-order valence-corrected chi connectivity index (χ1v) is 6.34. The average molecular weight is 220 g/mol. The Balaban J connectivity index is 2.30. The lowest BCUT2D eigenvalue weighted by Crippen LogP contribution is -1.99. The van der Waals surface area contributed by atoms with Gasteiger partial charge >= 0.3 is 0 Å². The molecule has 4 N–H and O–H groups in total. The van der Waals surface area contributed by atoms with Gasteiger partial charge < -0.3 is 11.5 Å². The van der Waals surface area contributed by atoms with Crippen molar-refractivity contribution in [2.24, 2.45) is 11.5 Å². The molecule has 1 rings (SSSR count). The van der Waals surface area contributed by atoms with Crippen molar-refractivity contribution in [1.29, 1.82) is 0 Å². The molecule has 0 aliphatic heterocycles. The van der Waals surface area contributed by atoms with Gasteiger partial charge in [0.25, 0.3) is 0 Å². The van der Waals surface area contributed by atoms with Gasteiger partial charge in [-0.1, -0.05) is 24.3 Å². The molecular formula is C14H24N2. The van der Waals surface area contributed by atoms with E-state index < -0.39 is 0 Å². The molecule has 0 amide bonds. The van der Waals surface area contributed by atoms with Crippen molar-refractivity contribution in [1.82, 2.24) is 0 Å². The van der Waals surface area contributed by atoms with Crippen molar-refractivity contribution in [2.45, 2.75) is 38.5 Å². The SMILES string of the molecule is NCCCCc1ccc(CCCCN)cc1. The molecule has 1 aromatic rings. The first-order valence-electron chi connectivity index (χ1n) is 6.34. The molecule has 0 atom stereocenters. The summed E-state index contributed by atoms with van der Waals surface area (Å²) in [5, 5.41) is 0. The average Bonchev–Trinajstić information content (AvgIpc) is 2.32. The highest BCUT2D eigenvalue weighted by atomic mass is 14.5. The summed E-state index contributed by atoms with van der Waals surface area (Å²) < 4.78 is 0. The van der Waals surface area contributed by atoms with Crippen LogP contribution in [0.15, 0.2) is 24.3 Å². The molecule has 0 bridgehead atoms. The molecular weight excluding hydrogens is 196 g/mol. The summed E-state index contributed by atoms with van der Waals surface area (Å²) in [6.45, 7) is 1.61. The van der Waals surface area contributed by atoms with Crippen molar-refractivity contribution >= 4 is 0 Å². The molecule has 0 aromatic heterocycles. The van der Waals surface area contributed by atoms with E-state index in [4.69, 9.17) is 11.5 Å². The van der Waals surface area contributed by atoms with Gasteiger partial charge in [-0.15, -0.1) is 0 Å². The van der Waals surface area contributed by atoms with E-state index in [1.54, 1.807) is 0 Å². The van der Waals surface area contributed by atoms with Gasteiger partial charge in [0.15, 0.2) is 0 Å². The van der Waals surface area contributed by atoms with Crippen LogP contribution in [0.3, 0.4) is 0 Å². The minimum atomic E-state index is 0.803. The van der Waals surface area contributed by atoms with Crippen LogP contribution in [0, 0.1) is 0 Å². The molecule has 0 heterocycles. The van der Waals surface area contributed by atoms with E-state index in [2.05, 4.69) is 24.3 Å². The standard InChI is InChI=1S/C14H24N2/c15-11-3-1-5-13-7-9-14(10-8-13)6-2-4-12-16/h7-10H,1-6,11-12,15-16H2. The molecule has 2 nitrogen and oxygen atoms in total. The number of nitrogens with two attached hydrogens (primary N) is 2. The normalized spacial score (nSPS) is 10.6. The number of hydrogen-bond acceptors (Lipinski definition) is 2. The van der Waals surface area contributed by atoms with Crippen LogP contribution in [0.2, 0.25) is 0 Å². The van der Waals surface area contributed by atoms with Crippen LogP contribution in [-0.2, 0) is 12.8 Å². The molecule has 16 heavy (non-hydrogen) atoms. The maximum absolute atomic E-state index is 5.47. The first kappa shape index (κ1) is 13.2. The lowest BCUT2D eigenvalue weighted by atomic mass is 10.0. The Hall–Kier alpha value is -0.860. The Kier molecular flexibility index (Phi) is 6.86. The molecule has 0 spiro atoms. The summed E-state index contributed by atoms with van der Waals surface area (Å²) in [6.07, 6.45) is 6.95. The fourth-order valence-electron chi connectivity index (χ4n) is 1.82. The smallest absolute Gasteiger partial charge is 0.00772 e. The molecule has 0 unspecified atom stereocenters. The molecule has 0 radical (unpaired) electrons. The van der Waals surface area contributed by atoms with Crippen LogP contribution in [0.4, 0.5) is 0 Å². The van der Waals surface area contributed by atoms with Gasteiger partial charge in [0, 0.05) is 0 Å². The number of hydrogen-bond donors (Lipinski definition) is 2. The van der Waals surface area contributed by atoms with Crippen LogP contribution >= 0.6 is 0 Å². The number of aryl methyl sites for hydroxylation is 2. The summed E-state index contributed by atoms with van der Waals surface area (Å²) in [7, 11) is 0. The van der Waals surface area contributed by atoms with Gasteiger partial charge in [-0.25, -0.2) is 0 Å². The highest BCUT2D eigenvalue weighted by Crippen LogP contribution is 2.10. The lowest BCUT2D eigenvalue weighted by Gasteiger charge is -2.04. The van der Waals surface area contributed by atoms with Crippen molar-refractivity contribution in [3.05, 3.63) is 35.4 Å². The fraction of sp³-hybridized carbons (Fsp3) is 0.571. The predicted octanol–water partition coefficient (Wildman–Crippen LogP) is 2.25. The minimum Gasteiger partial charge on any atom is -0.330 e. The van der Waals surface area contributed by atoms with E-state index in [9.17, 15) is 0 Å². The first-order chi connectivity index (χ1) is 7.86. The van der Waals surface area contributed by atoms with Crippen molar-refractivity contribution in [3.8, 4) is 0 Å². The van der Waals surface area contributed by atoms with Crippen LogP contribution in [-0.4, -0.2) is 13.1 Å². The van der Waals surface area contributed by atoms with Gasteiger partial charge in [0.05, 0.1) is 0 Å². The van der Waals surface area contributed by atoms with E-state index >= 15 is 0 Å². The van der Waals surface area contributed by atoms with E-state index in [0.29, 0.717) is 0 Å². The predicted molar refractivity (Wildman–Crippen MR) is 70.4 cm³/mol. The Morgan fingerprint density at radius 3 is 1.31 bits per heavy atom. The van der Waals surface area contributed by atoms with E-state index in [1.807, 2.05) is 0 Å². The summed E-state index contributed by atoms with van der Waals surface area (Å²) in [5.41, 5.74) is 13.8. The van der Waals surface area contributed by atoms with Gasteiger partial charge in [0.1, 0.15) is 0 Å². The molecule has 1 aromatic carbocycles. The van der Waals surface area contributed by atoms with Crippen LogP contribution in [0.1, 0.15) is 36.8 Å². The van der Waals surface area contributed by atoms with Gasteiger partial charge in [0.2, 0.25) is 0 Å². The third-order valence-electron chi connectivity index (χ3n) is 2.86. The molecule has 2 heteroatoms. The molecule has 0 saturated carbocycles. The van der Waals surface area contributed by atoms with Crippen LogP contribution < -0.4 is 11.5 Å². The van der Waals surface area contributed by atoms with E-state index in [1.165, 1.54) is 24.0 Å². The number of unbranched alkanes of at least 4 members (excludes halogenated alkanes) is 2. The minimum absolute atomic E-state index is 0.803. The highest BCUT2D eigenvalue weighted by molar-refractivity contribution is 5.22. The quantitative estimate of drug-likeness (QED) is 0.660. The maximum Gasteiger partial charge on any atom is -0.00772 e. The van der Waals surface area contributed by atoms with E-state index in [-0.39, 0.29) is 0 Å². The molecule has 0 aliphatic rings. The zero-order valence-electron chi connectivity index (χ0n) is 10.1. The second kappa shape index (κ2) is 8.31. The lowest BCUT2D eigenvalue weighted by molar-refractivity contribution is 0.738. The molecule has 0 aliphatic carbocycles. The maximum atomic E-state index is 5.47. The Labute approximate surface area is 99.0 Å². The summed E-state index contributed by atoms with van der Waals surface area (Å²) in [6, 6.07) is 8.98. The third kappa shape index (κ3) is 5.29. The zero-order chi connectivity index (χ0) is 11.6. The summed E-state index contributed by atoms with van der Waals surface area (Å²) in [5.74, 6) is 0. The second-order valence-electron chi connectivity index (χ2n) is 4.31. The molecule has 90 valence electrons. The highest BCUT2D eigenvalue weighted by Gasteiger charge is 1.95. The van der Waals surface area contributed by atoms with E-state index in [0.717, 1.165) is 38.8 Å². The zero-order valence-corrected chi connectivity index (χ0v) is 10.1. The molecule has 0 fully saturated rings.